The van der Waals surface area contributed by atoms with Gasteiger partial charge in [-0.05, 0) is 17.8 Å². The van der Waals surface area contributed by atoms with Gasteiger partial charge in [-0.3, -0.25) is 19.9 Å². The number of ether oxygens (including phenoxy) is 1. The highest BCUT2D eigenvalue weighted by Crippen LogP contribution is 2.29. The molecule has 11 nitrogen and oxygen atoms in total. The highest BCUT2D eigenvalue weighted by molar-refractivity contribution is 7.80. The topological polar surface area (TPSA) is 139 Å². The van der Waals surface area contributed by atoms with Crippen LogP contribution in [-0.4, -0.2) is 72.7 Å². The van der Waals surface area contributed by atoms with Gasteiger partial charge in [0.05, 0.1) is 42.6 Å². The number of piperazine rings is 1. The van der Waals surface area contributed by atoms with Gasteiger partial charge in [0.2, 0.25) is 5.91 Å². The van der Waals surface area contributed by atoms with E-state index in [-0.39, 0.29) is 73.0 Å². The van der Waals surface area contributed by atoms with Crippen molar-refractivity contribution in [3.05, 3.63) is 63.7 Å². The van der Waals surface area contributed by atoms with Crippen molar-refractivity contribution in [3.8, 4) is 0 Å². The van der Waals surface area contributed by atoms with E-state index < -0.39 is 16.6 Å². The van der Waals surface area contributed by atoms with E-state index in [1.807, 2.05) is 0 Å². The number of thiocarbonyl (C=S) groups is 1. The summed E-state index contributed by atoms with van der Waals surface area (Å²) in [6, 6.07) is 7.96. The van der Waals surface area contributed by atoms with Crippen LogP contribution in [0.1, 0.15) is 5.56 Å². The van der Waals surface area contributed by atoms with Crippen molar-refractivity contribution in [1.29, 1.82) is 0 Å². The zero-order chi connectivity index (χ0) is 26.9. The Bertz CT molecular complexity index is 1190. The minimum atomic E-state index is -0.789. The van der Waals surface area contributed by atoms with Crippen LogP contribution < -0.4 is 16.1 Å². The van der Waals surface area contributed by atoms with Crippen LogP contribution in [-0.2, 0) is 16.0 Å². The number of non-ortho nitro benzene ring substituents is 1. The largest absolute Gasteiger partial charge is 0.474 e. The summed E-state index contributed by atoms with van der Waals surface area (Å²) in [5.41, 5.74) is 0.708. The molecule has 0 aromatic heterocycles. The SMILES string of the molecule is COC(=S)NCC(C=Nc1cc(F)c(N2CCN(C(=O)Cc3ccc([N+](=O)[O-])cc3)CC2)c(F)c1)=NN. The summed E-state index contributed by atoms with van der Waals surface area (Å²) in [6.07, 6.45) is 1.34. The molecule has 0 radical (unpaired) electrons. The molecular formula is C23H25F2N7O4S. The standard InChI is InChI=1S/C23H25F2N7O4S/c1-36-23(37)28-14-17(29-26)13-27-16-11-19(24)22(20(25)12-16)31-8-6-30(7-9-31)21(33)10-15-2-4-18(5-3-15)32(34)35/h2-5,11-13H,6-10,14,26H2,1H3,(H,28,37). The van der Waals surface area contributed by atoms with Crippen LogP contribution in [0, 0.1) is 21.7 Å². The maximum absolute atomic E-state index is 14.8. The first-order valence-corrected chi connectivity index (χ1v) is 11.5. The number of carbonyl (C=O) groups is 1. The van der Waals surface area contributed by atoms with E-state index in [2.05, 4.69) is 15.4 Å². The summed E-state index contributed by atoms with van der Waals surface area (Å²) in [6.45, 7) is 1.13. The summed E-state index contributed by atoms with van der Waals surface area (Å²) in [5, 5.41) is 17.2. The van der Waals surface area contributed by atoms with E-state index in [0.29, 0.717) is 5.56 Å². The van der Waals surface area contributed by atoms with Gasteiger partial charge in [-0.2, -0.15) is 5.10 Å². The zero-order valence-electron chi connectivity index (χ0n) is 19.9. The van der Waals surface area contributed by atoms with Crippen molar-refractivity contribution in [1.82, 2.24) is 10.2 Å². The maximum atomic E-state index is 14.8. The third kappa shape index (κ3) is 7.39. The van der Waals surface area contributed by atoms with E-state index >= 15 is 0 Å². The zero-order valence-corrected chi connectivity index (χ0v) is 20.7. The van der Waals surface area contributed by atoms with Gasteiger partial charge in [0.1, 0.15) is 5.69 Å². The molecule has 0 bridgehead atoms. The number of hydrazone groups is 1. The number of halogens is 2. The van der Waals surface area contributed by atoms with Gasteiger partial charge in [0.25, 0.3) is 10.9 Å². The molecule has 1 fully saturated rings. The average molecular weight is 534 g/mol. The molecule has 0 spiro atoms. The molecule has 0 aliphatic carbocycles. The van der Waals surface area contributed by atoms with Gasteiger partial charge in [-0.15, -0.1) is 0 Å². The third-order valence-electron chi connectivity index (χ3n) is 5.58. The van der Waals surface area contributed by atoms with E-state index in [4.69, 9.17) is 22.8 Å². The number of nitrogens with zero attached hydrogens (tertiary/aromatic N) is 5. The van der Waals surface area contributed by atoms with Gasteiger partial charge >= 0.3 is 0 Å². The molecule has 1 saturated heterocycles. The van der Waals surface area contributed by atoms with Crippen molar-refractivity contribution < 1.29 is 23.2 Å². The number of rotatable bonds is 8. The molecule has 14 heteroatoms. The Hall–Kier alpha value is -4.20. The van der Waals surface area contributed by atoms with E-state index in [1.54, 1.807) is 4.90 Å². The number of hydrogen-bond acceptors (Lipinski definition) is 9. The fraction of sp³-hybridized carbons (Fsp3) is 0.304. The predicted octanol–water partition coefficient (Wildman–Crippen LogP) is 2.30. The number of aliphatic imine (C=N–C) groups is 1. The number of benzene rings is 2. The van der Waals surface area contributed by atoms with Crippen LogP contribution in [0.15, 0.2) is 46.5 Å². The Balaban J connectivity index is 1.59. The van der Waals surface area contributed by atoms with Crippen molar-refractivity contribution in [2.45, 2.75) is 6.42 Å². The number of anilines is 1. The number of hydrogen-bond donors (Lipinski definition) is 2. The molecule has 1 aliphatic rings. The van der Waals surface area contributed by atoms with Gasteiger partial charge in [-0.25, -0.2) is 8.78 Å². The van der Waals surface area contributed by atoms with Crippen molar-refractivity contribution in [2.24, 2.45) is 15.9 Å². The van der Waals surface area contributed by atoms with Gasteiger partial charge in [0.15, 0.2) is 11.6 Å². The second kappa shape index (κ2) is 12.7. The summed E-state index contributed by atoms with van der Waals surface area (Å²) < 4.78 is 34.5. The molecule has 2 aromatic rings. The average Bonchev–Trinajstić information content (AvgIpc) is 2.88. The fourth-order valence-corrected chi connectivity index (χ4v) is 3.71. The molecule has 3 rings (SSSR count). The number of nitro benzene ring substituents is 1. The molecule has 196 valence electrons. The van der Waals surface area contributed by atoms with Crippen molar-refractivity contribution in [3.63, 3.8) is 0 Å². The summed E-state index contributed by atoms with van der Waals surface area (Å²) in [4.78, 5) is 30.1. The first-order chi connectivity index (χ1) is 17.7. The Labute approximate surface area is 216 Å². The lowest BCUT2D eigenvalue weighted by atomic mass is 10.1. The monoisotopic (exact) mass is 533 g/mol. The first-order valence-electron chi connectivity index (χ1n) is 11.1. The number of amides is 1. The lowest BCUT2D eigenvalue weighted by Gasteiger charge is -2.36. The predicted molar refractivity (Wildman–Crippen MR) is 139 cm³/mol. The molecule has 37 heavy (non-hydrogen) atoms. The van der Waals surface area contributed by atoms with Gasteiger partial charge in [0, 0.05) is 50.4 Å². The Morgan fingerprint density at radius 2 is 1.84 bits per heavy atom. The first kappa shape index (κ1) is 27.4. The van der Waals surface area contributed by atoms with Crippen LogP contribution in [0.25, 0.3) is 0 Å². The molecule has 0 unspecified atom stereocenters. The summed E-state index contributed by atoms with van der Waals surface area (Å²) >= 11 is 4.85. The molecule has 1 aliphatic heterocycles. The van der Waals surface area contributed by atoms with E-state index in [9.17, 15) is 23.7 Å². The summed E-state index contributed by atoms with van der Waals surface area (Å²) in [7, 11) is 1.40. The number of carbonyl (C=O) groups excluding carboxylic acids is 1. The lowest BCUT2D eigenvalue weighted by molar-refractivity contribution is -0.384. The molecular weight excluding hydrogens is 508 g/mol. The normalized spacial score (nSPS) is 14.1. The molecule has 0 atom stereocenters. The Kier molecular flexibility index (Phi) is 9.38. The number of nitro groups is 1. The molecule has 1 heterocycles. The van der Waals surface area contributed by atoms with Gasteiger partial charge < -0.3 is 25.7 Å². The number of methoxy groups -OCH3 is 1. The number of nitrogens with one attached hydrogen (secondary N) is 1. The fourth-order valence-electron chi connectivity index (χ4n) is 3.64. The second-order valence-corrected chi connectivity index (χ2v) is 8.32. The van der Waals surface area contributed by atoms with Crippen LogP contribution >= 0.6 is 12.2 Å². The highest BCUT2D eigenvalue weighted by Gasteiger charge is 2.25. The second-order valence-electron chi connectivity index (χ2n) is 7.95. The molecule has 3 N–H and O–H groups in total. The van der Waals surface area contributed by atoms with Gasteiger partial charge in [-0.1, -0.05) is 12.1 Å². The van der Waals surface area contributed by atoms with E-state index in [0.717, 1.165) is 12.1 Å². The lowest BCUT2D eigenvalue weighted by Crippen LogP contribution is -2.49. The van der Waals surface area contributed by atoms with E-state index in [1.165, 1.54) is 42.5 Å². The van der Waals surface area contributed by atoms with Crippen molar-refractivity contribution >= 4 is 52.3 Å². The molecule has 0 saturated carbocycles. The smallest absolute Gasteiger partial charge is 0.269 e. The minimum Gasteiger partial charge on any atom is -0.474 e. The Morgan fingerprint density at radius 1 is 1.22 bits per heavy atom. The van der Waals surface area contributed by atoms with Crippen LogP contribution in [0.3, 0.4) is 0 Å². The third-order valence-corrected chi connectivity index (χ3v) is 5.89. The van der Waals surface area contributed by atoms with Crippen LogP contribution in [0.4, 0.5) is 25.8 Å². The molecule has 2 aromatic carbocycles. The van der Waals surface area contributed by atoms with Crippen LogP contribution in [0.2, 0.25) is 0 Å². The maximum Gasteiger partial charge on any atom is 0.269 e. The molecule has 1 amide bonds. The number of nitrogens with two attached hydrogens (primary N) is 1. The Morgan fingerprint density at radius 3 is 2.38 bits per heavy atom. The van der Waals surface area contributed by atoms with Crippen molar-refractivity contribution in [2.75, 3.05) is 44.7 Å². The minimum absolute atomic E-state index is 0.0335. The quantitative estimate of drug-likeness (QED) is 0.173. The highest BCUT2D eigenvalue weighted by atomic mass is 32.1. The summed E-state index contributed by atoms with van der Waals surface area (Å²) in [5.74, 6) is 3.56. The van der Waals surface area contributed by atoms with Crippen LogP contribution in [0.5, 0.6) is 0 Å².